The van der Waals surface area contributed by atoms with Crippen molar-refractivity contribution in [2.45, 2.75) is 31.0 Å². The molecule has 9 nitrogen and oxygen atoms in total. The molecule has 2 fully saturated rings. The molecular formula is C12H18N4O5. The normalized spacial score (nSPS) is 36.1. The van der Waals surface area contributed by atoms with Crippen LogP contribution in [0.5, 0.6) is 0 Å². The molecule has 0 radical (unpaired) electrons. The van der Waals surface area contributed by atoms with Crippen LogP contribution in [0, 0.1) is 6.92 Å². The van der Waals surface area contributed by atoms with Crippen LogP contribution in [0.4, 0.5) is 5.82 Å². The van der Waals surface area contributed by atoms with Crippen LogP contribution in [0.25, 0.3) is 0 Å². The third kappa shape index (κ3) is 2.05. The third-order valence-corrected chi connectivity index (χ3v) is 3.99. The van der Waals surface area contributed by atoms with Crippen molar-refractivity contribution in [3.8, 4) is 0 Å². The van der Waals surface area contributed by atoms with E-state index in [2.05, 4.69) is 4.98 Å². The number of likely N-dealkylation sites (N-methyl/N-ethyl adjacent to an activating group) is 1. The SMILES string of the molecule is Cc1cn(C2O[C@@]3(CO)CN(C)OC2C3O)c(=O)nc1N. The van der Waals surface area contributed by atoms with Crippen molar-refractivity contribution in [2.24, 2.45) is 0 Å². The lowest BCUT2D eigenvalue weighted by molar-refractivity contribution is -0.256. The molecule has 2 aliphatic rings. The number of ether oxygens (including phenoxy) is 1. The molecule has 4 atom stereocenters. The van der Waals surface area contributed by atoms with Gasteiger partial charge in [0.2, 0.25) is 0 Å². The number of hydrogen-bond donors (Lipinski definition) is 3. The van der Waals surface area contributed by atoms with E-state index in [1.54, 1.807) is 14.0 Å². The molecule has 21 heavy (non-hydrogen) atoms. The van der Waals surface area contributed by atoms with E-state index in [0.29, 0.717) is 5.56 Å². The van der Waals surface area contributed by atoms with Gasteiger partial charge < -0.3 is 20.7 Å². The average Bonchev–Trinajstić information content (AvgIpc) is 2.60. The average molecular weight is 298 g/mol. The van der Waals surface area contributed by atoms with Gasteiger partial charge in [-0.3, -0.25) is 9.40 Å². The number of fused-ring (bicyclic) bond motifs is 2. The number of nitrogens with zero attached hydrogens (tertiary/aromatic N) is 3. The van der Waals surface area contributed by atoms with E-state index >= 15 is 0 Å². The molecule has 4 N–H and O–H groups in total. The third-order valence-electron chi connectivity index (χ3n) is 3.99. The van der Waals surface area contributed by atoms with Crippen LogP contribution in [0.3, 0.4) is 0 Å². The minimum Gasteiger partial charge on any atom is -0.393 e. The summed E-state index contributed by atoms with van der Waals surface area (Å²) in [5, 5.41) is 21.4. The predicted molar refractivity (Wildman–Crippen MR) is 71.1 cm³/mol. The lowest BCUT2D eigenvalue weighted by Crippen LogP contribution is -2.58. The maximum atomic E-state index is 12.0. The summed E-state index contributed by atoms with van der Waals surface area (Å²) < 4.78 is 7.01. The van der Waals surface area contributed by atoms with E-state index in [-0.39, 0.29) is 19.0 Å². The van der Waals surface area contributed by atoms with Gasteiger partial charge in [0.25, 0.3) is 0 Å². The van der Waals surface area contributed by atoms with Gasteiger partial charge in [-0.1, -0.05) is 0 Å². The van der Waals surface area contributed by atoms with Gasteiger partial charge >= 0.3 is 5.69 Å². The van der Waals surface area contributed by atoms with Crippen LogP contribution in [0.1, 0.15) is 11.8 Å². The van der Waals surface area contributed by atoms with Crippen LogP contribution in [-0.4, -0.2) is 62.8 Å². The van der Waals surface area contributed by atoms with Crippen molar-refractivity contribution in [1.82, 2.24) is 14.6 Å². The van der Waals surface area contributed by atoms with E-state index in [9.17, 15) is 15.0 Å². The highest BCUT2D eigenvalue weighted by Crippen LogP contribution is 2.42. The molecule has 3 unspecified atom stereocenters. The fourth-order valence-corrected chi connectivity index (χ4v) is 2.85. The van der Waals surface area contributed by atoms with Gasteiger partial charge in [-0.2, -0.15) is 10.0 Å². The number of aliphatic hydroxyl groups excluding tert-OH is 2. The minimum absolute atomic E-state index is 0.146. The van der Waals surface area contributed by atoms with Gasteiger partial charge in [0.15, 0.2) is 12.3 Å². The van der Waals surface area contributed by atoms with Crippen LogP contribution in [0.15, 0.2) is 11.0 Å². The monoisotopic (exact) mass is 298 g/mol. The van der Waals surface area contributed by atoms with Crippen molar-refractivity contribution < 1.29 is 19.8 Å². The Balaban J connectivity index is 2.05. The second-order valence-electron chi connectivity index (χ2n) is 5.53. The van der Waals surface area contributed by atoms with Crippen LogP contribution in [0.2, 0.25) is 0 Å². The van der Waals surface area contributed by atoms with E-state index in [1.165, 1.54) is 15.8 Å². The summed E-state index contributed by atoms with van der Waals surface area (Å²) in [4.78, 5) is 21.3. The van der Waals surface area contributed by atoms with Gasteiger partial charge in [0.05, 0.1) is 13.2 Å². The fourth-order valence-electron chi connectivity index (χ4n) is 2.85. The number of nitrogen functional groups attached to an aromatic ring is 1. The minimum atomic E-state index is -1.18. The van der Waals surface area contributed by atoms with Crippen LogP contribution < -0.4 is 11.4 Å². The van der Waals surface area contributed by atoms with Crippen molar-refractivity contribution >= 4 is 5.82 Å². The zero-order valence-electron chi connectivity index (χ0n) is 11.8. The Morgan fingerprint density at radius 2 is 2.33 bits per heavy atom. The van der Waals surface area contributed by atoms with Gasteiger partial charge in [-0.15, -0.1) is 0 Å². The first kappa shape index (κ1) is 14.4. The number of aliphatic hydroxyl groups is 2. The van der Waals surface area contributed by atoms with Gasteiger partial charge in [0, 0.05) is 18.8 Å². The first-order chi connectivity index (χ1) is 9.88. The van der Waals surface area contributed by atoms with Crippen molar-refractivity contribution in [1.29, 1.82) is 0 Å². The second kappa shape index (κ2) is 4.75. The Morgan fingerprint density at radius 1 is 1.62 bits per heavy atom. The number of rotatable bonds is 2. The molecule has 0 saturated carbocycles. The summed E-state index contributed by atoms with van der Waals surface area (Å²) in [5.41, 5.74) is 4.44. The molecule has 3 heterocycles. The summed E-state index contributed by atoms with van der Waals surface area (Å²) in [6.45, 7) is 1.52. The molecule has 3 rings (SSSR count). The molecule has 2 aliphatic heterocycles. The van der Waals surface area contributed by atoms with Crippen LogP contribution >= 0.6 is 0 Å². The molecule has 1 aromatic rings. The zero-order chi connectivity index (χ0) is 15.4. The molecule has 0 spiro atoms. The molecule has 1 aromatic heterocycles. The molecular weight excluding hydrogens is 280 g/mol. The number of hydrogen-bond acceptors (Lipinski definition) is 8. The van der Waals surface area contributed by atoms with E-state index in [4.69, 9.17) is 15.3 Å². The molecule has 116 valence electrons. The standard InChI is InChI=1S/C12H18N4O5/c1-6-3-16(11(19)14-9(6)13)10-7-8(18)12(5-17,20-10)4-15(2)21-7/h3,7-8,10,17-18H,4-5H2,1-2H3,(H2,13,14,19)/t7?,8?,10?,12-/m1/s1. The van der Waals surface area contributed by atoms with E-state index in [0.717, 1.165) is 0 Å². The van der Waals surface area contributed by atoms with Crippen molar-refractivity contribution in [3.63, 3.8) is 0 Å². The second-order valence-corrected chi connectivity index (χ2v) is 5.53. The number of nitrogens with two attached hydrogens (primary N) is 1. The van der Waals surface area contributed by atoms with Gasteiger partial charge in [0.1, 0.15) is 17.5 Å². The summed E-state index contributed by atoms with van der Waals surface area (Å²) in [5.74, 6) is 0.146. The fraction of sp³-hybridized carbons (Fsp3) is 0.667. The highest BCUT2D eigenvalue weighted by atomic mass is 16.7. The molecule has 2 saturated heterocycles. The lowest BCUT2D eigenvalue weighted by Gasteiger charge is -2.38. The molecule has 0 aromatic carbocycles. The van der Waals surface area contributed by atoms with Crippen LogP contribution in [-0.2, 0) is 9.57 Å². The maximum absolute atomic E-state index is 12.0. The highest BCUT2D eigenvalue weighted by molar-refractivity contribution is 5.35. The lowest BCUT2D eigenvalue weighted by atomic mass is 9.94. The first-order valence-corrected chi connectivity index (χ1v) is 6.58. The van der Waals surface area contributed by atoms with Gasteiger partial charge in [-0.05, 0) is 6.92 Å². The zero-order valence-corrected chi connectivity index (χ0v) is 11.8. The van der Waals surface area contributed by atoms with Gasteiger partial charge in [-0.25, -0.2) is 4.79 Å². The van der Waals surface area contributed by atoms with Crippen molar-refractivity contribution in [2.75, 3.05) is 25.9 Å². The van der Waals surface area contributed by atoms with E-state index in [1.807, 2.05) is 0 Å². The molecule has 0 amide bonds. The smallest absolute Gasteiger partial charge is 0.351 e. The Hall–Kier alpha value is -1.52. The number of hydroxylamine groups is 2. The number of aryl methyl sites for hydroxylation is 1. The Morgan fingerprint density at radius 3 is 3.00 bits per heavy atom. The quantitative estimate of drug-likeness (QED) is 0.573. The van der Waals surface area contributed by atoms with E-state index < -0.39 is 29.7 Å². The molecule has 2 bridgehead atoms. The Labute approximate surface area is 120 Å². The van der Waals surface area contributed by atoms with Crippen molar-refractivity contribution in [3.05, 3.63) is 22.2 Å². The summed E-state index contributed by atoms with van der Waals surface area (Å²) >= 11 is 0. The summed E-state index contributed by atoms with van der Waals surface area (Å²) in [7, 11) is 1.67. The number of anilines is 1. The summed E-state index contributed by atoms with van der Waals surface area (Å²) in [6.07, 6.45) is -1.22. The predicted octanol–water partition coefficient (Wildman–Crippen LogP) is -2.00. The topological polar surface area (TPSA) is 123 Å². The first-order valence-electron chi connectivity index (χ1n) is 6.58. The molecule has 0 aliphatic carbocycles. The molecule has 9 heteroatoms. The Bertz CT molecular complexity index is 620. The number of aromatic nitrogens is 2. The maximum Gasteiger partial charge on any atom is 0.351 e. The largest absolute Gasteiger partial charge is 0.393 e. The highest BCUT2D eigenvalue weighted by Gasteiger charge is 2.60. The Kier molecular flexibility index (Phi) is 3.26. The summed E-state index contributed by atoms with van der Waals surface area (Å²) in [6, 6.07) is 0.